The van der Waals surface area contributed by atoms with Crippen LogP contribution in [-0.4, -0.2) is 35.6 Å². The molecule has 118 valence electrons. The van der Waals surface area contributed by atoms with Gasteiger partial charge in [0.15, 0.2) is 0 Å². The zero-order valence-corrected chi connectivity index (χ0v) is 14.5. The Bertz CT molecular complexity index is 436. The van der Waals surface area contributed by atoms with Crippen LogP contribution in [0.5, 0.6) is 0 Å². The van der Waals surface area contributed by atoms with E-state index in [9.17, 15) is 0 Å². The standard InChI is InChI=1S/C18H30N2S/c1-3-17(2)14-19-18(10-5-4-6-11-18)15-20(17)12-9-16-8-7-13-21-16/h7-8,13,19H,3-6,9-12,14-15H2,1-2H3. The van der Waals surface area contributed by atoms with Crippen LogP contribution in [0.2, 0.25) is 0 Å². The van der Waals surface area contributed by atoms with E-state index in [0.29, 0.717) is 11.1 Å². The Balaban J connectivity index is 1.69. The highest BCUT2D eigenvalue weighted by Gasteiger charge is 2.44. The lowest BCUT2D eigenvalue weighted by Gasteiger charge is -2.54. The molecule has 1 atom stereocenters. The molecule has 3 rings (SSSR count). The van der Waals surface area contributed by atoms with Crippen LogP contribution >= 0.6 is 11.3 Å². The molecule has 0 aromatic carbocycles. The normalized spacial score (nSPS) is 29.8. The Morgan fingerprint density at radius 3 is 2.76 bits per heavy atom. The van der Waals surface area contributed by atoms with E-state index < -0.39 is 0 Å². The van der Waals surface area contributed by atoms with Gasteiger partial charge >= 0.3 is 0 Å². The second-order valence-corrected chi connectivity index (χ2v) is 8.33. The average molecular weight is 307 g/mol. The van der Waals surface area contributed by atoms with Crippen molar-refractivity contribution in [3.8, 4) is 0 Å². The molecule has 1 aliphatic carbocycles. The molecule has 2 fully saturated rings. The molecule has 1 unspecified atom stereocenters. The first-order chi connectivity index (χ1) is 10.2. The minimum absolute atomic E-state index is 0.333. The van der Waals surface area contributed by atoms with Gasteiger partial charge in [0.05, 0.1) is 0 Å². The van der Waals surface area contributed by atoms with E-state index in [1.807, 2.05) is 11.3 Å². The van der Waals surface area contributed by atoms with Gasteiger partial charge in [-0.25, -0.2) is 0 Å². The maximum absolute atomic E-state index is 3.96. The zero-order chi connectivity index (χ0) is 14.8. The zero-order valence-electron chi connectivity index (χ0n) is 13.7. The van der Waals surface area contributed by atoms with Crippen molar-refractivity contribution in [2.45, 2.75) is 69.9 Å². The number of hydrogen-bond acceptors (Lipinski definition) is 3. The van der Waals surface area contributed by atoms with Gasteiger partial charge in [0, 0.05) is 35.6 Å². The van der Waals surface area contributed by atoms with E-state index in [1.165, 1.54) is 62.9 Å². The fourth-order valence-corrected chi connectivity index (χ4v) is 4.76. The van der Waals surface area contributed by atoms with Gasteiger partial charge in [-0.3, -0.25) is 4.90 Å². The molecule has 1 aromatic rings. The number of nitrogens with zero attached hydrogens (tertiary/aromatic N) is 1. The molecule has 1 aromatic heterocycles. The number of nitrogens with one attached hydrogen (secondary N) is 1. The maximum Gasteiger partial charge on any atom is 0.0309 e. The van der Waals surface area contributed by atoms with Crippen LogP contribution < -0.4 is 5.32 Å². The van der Waals surface area contributed by atoms with Crippen LogP contribution in [0.3, 0.4) is 0 Å². The van der Waals surface area contributed by atoms with Gasteiger partial charge in [0.1, 0.15) is 0 Å². The van der Waals surface area contributed by atoms with E-state index >= 15 is 0 Å². The lowest BCUT2D eigenvalue weighted by molar-refractivity contribution is -0.000448. The lowest BCUT2D eigenvalue weighted by atomic mass is 9.77. The van der Waals surface area contributed by atoms with Gasteiger partial charge in [-0.2, -0.15) is 0 Å². The van der Waals surface area contributed by atoms with E-state index in [4.69, 9.17) is 0 Å². The first-order valence-electron chi connectivity index (χ1n) is 8.68. The van der Waals surface area contributed by atoms with Gasteiger partial charge in [0.2, 0.25) is 0 Å². The molecule has 3 heteroatoms. The van der Waals surface area contributed by atoms with E-state index in [1.54, 1.807) is 0 Å². The molecular weight excluding hydrogens is 276 g/mol. The van der Waals surface area contributed by atoms with E-state index in [2.05, 4.69) is 41.6 Å². The van der Waals surface area contributed by atoms with Crippen molar-refractivity contribution < 1.29 is 0 Å². The van der Waals surface area contributed by atoms with Gasteiger partial charge in [-0.05, 0) is 44.1 Å². The first kappa shape index (κ1) is 15.5. The number of thiophene rings is 1. The molecule has 1 spiro atoms. The molecule has 1 saturated heterocycles. The summed E-state index contributed by atoms with van der Waals surface area (Å²) in [6.07, 6.45) is 9.46. The van der Waals surface area contributed by atoms with Crippen LogP contribution in [-0.2, 0) is 6.42 Å². The van der Waals surface area contributed by atoms with Gasteiger partial charge in [-0.1, -0.05) is 32.3 Å². The molecule has 0 radical (unpaired) electrons. The predicted octanol–water partition coefficient (Wildman–Crippen LogP) is 4.07. The topological polar surface area (TPSA) is 15.3 Å². The third-order valence-electron chi connectivity index (χ3n) is 5.88. The Morgan fingerprint density at radius 2 is 2.10 bits per heavy atom. The largest absolute Gasteiger partial charge is 0.308 e. The molecule has 1 saturated carbocycles. The van der Waals surface area contributed by atoms with E-state index in [0.717, 1.165) is 6.54 Å². The average Bonchev–Trinajstić information content (AvgIpc) is 3.03. The molecule has 21 heavy (non-hydrogen) atoms. The summed E-state index contributed by atoms with van der Waals surface area (Å²) in [7, 11) is 0. The third-order valence-corrected chi connectivity index (χ3v) is 6.82. The molecule has 2 heterocycles. The molecule has 0 bridgehead atoms. The lowest BCUT2D eigenvalue weighted by Crippen LogP contribution is -2.69. The predicted molar refractivity (Wildman–Crippen MR) is 92.1 cm³/mol. The van der Waals surface area contributed by atoms with Crippen LogP contribution in [0, 0.1) is 0 Å². The highest BCUT2D eigenvalue weighted by Crippen LogP contribution is 2.35. The van der Waals surface area contributed by atoms with Crippen LogP contribution in [0.15, 0.2) is 17.5 Å². The maximum atomic E-state index is 3.96. The van der Waals surface area contributed by atoms with Crippen molar-refractivity contribution in [3.05, 3.63) is 22.4 Å². The molecule has 1 N–H and O–H groups in total. The SMILES string of the molecule is CCC1(C)CNC2(CCCCC2)CN1CCc1cccs1. The van der Waals surface area contributed by atoms with Crippen molar-refractivity contribution in [1.82, 2.24) is 10.2 Å². The first-order valence-corrected chi connectivity index (χ1v) is 9.56. The van der Waals surface area contributed by atoms with Crippen molar-refractivity contribution >= 4 is 11.3 Å². The summed E-state index contributed by atoms with van der Waals surface area (Å²) in [5, 5.41) is 6.16. The van der Waals surface area contributed by atoms with Crippen molar-refractivity contribution in [2.24, 2.45) is 0 Å². The molecule has 2 aliphatic rings. The summed E-state index contributed by atoms with van der Waals surface area (Å²) in [6, 6.07) is 4.46. The van der Waals surface area contributed by atoms with Crippen molar-refractivity contribution in [1.29, 1.82) is 0 Å². The fourth-order valence-electron chi connectivity index (χ4n) is 4.06. The second kappa shape index (κ2) is 6.39. The van der Waals surface area contributed by atoms with Crippen LogP contribution in [0.25, 0.3) is 0 Å². The quantitative estimate of drug-likeness (QED) is 0.902. The van der Waals surface area contributed by atoms with Gasteiger partial charge < -0.3 is 5.32 Å². The Kier molecular flexibility index (Phi) is 4.72. The fraction of sp³-hybridized carbons (Fsp3) is 0.778. The van der Waals surface area contributed by atoms with E-state index in [-0.39, 0.29) is 0 Å². The summed E-state index contributed by atoms with van der Waals surface area (Å²) in [6.45, 7) is 8.42. The Labute approximate surface area is 133 Å². The summed E-state index contributed by atoms with van der Waals surface area (Å²) in [5.41, 5.74) is 0.752. The van der Waals surface area contributed by atoms with Gasteiger partial charge in [-0.15, -0.1) is 11.3 Å². The summed E-state index contributed by atoms with van der Waals surface area (Å²) in [4.78, 5) is 4.33. The van der Waals surface area contributed by atoms with Crippen LogP contribution in [0.1, 0.15) is 57.2 Å². The minimum atomic E-state index is 0.333. The third kappa shape index (κ3) is 3.35. The Hall–Kier alpha value is -0.380. The molecular formula is C18H30N2S. The second-order valence-electron chi connectivity index (χ2n) is 7.30. The summed E-state index contributed by atoms with van der Waals surface area (Å²) < 4.78 is 0. The number of hydrogen-bond donors (Lipinski definition) is 1. The monoisotopic (exact) mass is 306 g/mol. The van der Waals surface area contributed by atoms with Crippen LogP contribution in [0.4, 0.5) is 0 Å². The highest BCUT2D eigenvalue weighted by molar-refractivity contribution is 7.09. The Morgan fingerprint density at radius 1 is 1.29 bits per heavy atom. The summed E-state index contributed by atoms with van der Waals surface area (Å²) in [5.74, 6) is 0. The molecule has 1 aliphatic heterocycles. The smallest absolute Gasteiger partial charge is 0.0309 e. The number of rotatable bonds is 4. The molecule has 0 amide bonds. The molecule has 2 nitrogen and oxygen atoms in total. The van der Waals surface area contributed by atoms with Gasteiger partial charge in [0.25, 0.3) is 0 Å². The van der Waals surface area contributed by atoms with Crippen molar-refractivity contribution in [2.75, 3.05) is 19.6 Å². The highest BCUT2D eigenvalue weighted by atomic mass is 32.1. The minimum Gasteiger partial charge on any atom is -0.308 e. The summed E-state index contributed by atoms with van der Waals surface area (Å²) >= 11 is 1.90. The number of piperazine rings is 1. The van der Waals surface area contributed by atoms with Crippen molar-refractivity contribution in [3.63, 3.8) is 0 Å².